The lowest BCUT2D eigenvalue weighted by molar-refractivity contribution is 0.0341. The number of rotatable bonds is 9. The maximum atomic E-state index is 15.0. The van der Waals surface area contributed by atoms with Gasteiger partial charge in [-0.05, 0) is 47.7 Å². The molecule has 2 aromatic rings. The van der Waals surface area contributed by atoms with Crippen LogP contribution < -0.4 is 10.0 Å². The molecule has 0 aliphatic carbocycles. The van der Waals surface area contributed by atoms with Gasteiger partial charge in [-0.25, -0.2) is 22.4 Å². The van der Waals surface area contributed by atoms with E-state index in [2.05, 4.69) is 31.0 Å². The molecule has 2 atom stereocenters. The molecule has 1 aromatic heterocycles. The van der Waals surface area contributed by atoms with Crippen molar-refractivity contribution in [3.05, 3.63) is 51.4 Å². The van der Waals surface area contributed by atoms with Gasteiger partial charge in [0.2, 0.25) is 5.78 Å². The molecule has 33 heavy (non-hydrogen) atoms. The van der Waals surface area contributed by atoms with Crippen molar-refractivity contribution in [1.82, 2.24) is 4.98 Å². The number of nitrogens with one attached hydrogen (secondary N) is 3. The molecule has 2 heterocycles. The van der Waals surface area contributed by atoms with E-state index in [1.54, 1.807) is 6.92 Å². The van der Waals surface area contributed by atoms with Gasteiger partial charge in [0, 0.05) is 34.7 Å². The lowest BCUT2D eigenvalue weighted by Crippen LogP contribution is -2.29. The highest BCUT2D eigenvalue weighted by atomic mass is 79.9. The molecule has 0 bridgehead atoms. The van der Waals surface area contributed by atoms with Crippen molar-refractivity contribution in [2.75, 3.05) is 22.4 Å². The molecule has 1 aliphatic rings. The van der Waals surface area contributed by atoms with Crippen LogP contribution in [0.15, 0.2) is 22.8 Å². The van der Waals surface area contributed by atoms with Crippen molar-refractivity contribution in [3.63, 3.8) is 0 Å². The minimum absolute atomic E-state index is 0.0178. The molecule has 178 valence electrons. The quantitative estimate of drug-likeness (QED) is 0.305. The molecule has 3 rings (SSSR count). The molecule has 1 aromatic carbocycles. The Hall–Kier alpha value is -2.31. The van der Waals surface area contributed by atoms with Gasteiger partial charge in [0.1, 0.15) is 40.2 Å². The van der Waals surface area contributed by atoms with Gasteiger partial charge in [-0.15, -0.1) is 0 Å². The van der Waals surface area contributed by atoms with Crippen molar-refractivity contribution in [1.29, 1.82) is 5.41 Å². The fourth-order valence-corrected chi connectivity index (χ4v) is 4.46. The summed E-state index contributed by atoms with van der Waals surface area (Å²) in [5, 5.41) is 11.4. The monoisotopic (exact) mass is 546 g/mol. The van der Waals surface area contributed by atoms with Crippen LogP contribution in [0.1, 0.15) is 48.5 Å². The first-order valence-electron chi connectivity index (χ1n) is 10.2. The van der Waals surface area contributed by atoms with Crippen molar-refractivity contribution >= 4 is 49.9 Å². The molecule has 0 spiro atoms. The van der Waals surface area contributed by atoms with Crippen LogP contribution in [-0.2, 0) is 15.7 Å². The van der Waals surface area contributed by atoms with E-state index in [0.29, 0.717) is 30.0 Å². The SMILES string of the molecule is CCCS(=O)Nc1c(F)cc(F)c(C(=O)C(=N)c2cc(Br)cnc2NC2CCCCO2)c1F. The highest BCUT2D eigenvalue weighted by Crippen LogP contribution is 2.29. The number of hydrogen-bond acceptors (Lipinski definition) is 6. The van der Waals surface area contributed by atoms with Crippen LogP contribution in [0.3, 0.4) is 0 Å². The standard InChI is InChI=1S/C21H22BrF3N4O3S/c1-2-7-33(31)29-19-14(24)9-13(23)16(17(19)25)20(30)18(26)12-8-11(22)10-27-21(12)28-15-5-3-4-6-32-15/h8-10,15,26,29H,2-7H2,1H3,(H,27,28). The first-order chi connectivity index (χ1) is 15.7. The third kappa shape index (κ3) is 5.98. The van der Waals surface area contributed by atoms with Crippen LogP contribution in [-0.4, -0.2) is 39.3 Å². The van der Waals surface area contributed by atoms with Gasteiger partial charge in [0.05, 0.1) is 5.56 Å². The number of Topliss-reactive ketones (excluding diaryl/α,β-unsaturated/α-hetero) is 1. The summed E-state index contributed by atoms with van der Waals surface area (Å²) in [7, 11) is -1.84. The predicted molar refractivity (Wildman–Crippen MR) is 124 cm³/mol. The maximum absolute atomic E-state index is 15.0. The molecule has 0 saturated carbocycles. The Morgan fingerprint density at radius 1 is 1.30 bits per heavy atom. The van der Waals surface area contributed by atoms with E-state index in [4.69, 9.17) is 10.1 Å². The highest BCUT2D eigenvalue weighted by molar-refractivity contribution is 9.10. The second-order valence-corrected chi connectivity index (χ2v) is 9.53. The average Bonchev–Trinajstić information content (AvgIpc) is 2.78. The molecule has 2 unspecified atom stereocenters. The number of aromatic nitrogens is 1. The van der Waals surface area contributed by atoms with E-state index in [1.807, 2.05) is 0 Å². The molecule has 7 nitrogen and oxygen atoms in total. The van der Waals surface area contributed by atoms with E-state index < -0.39 is 57.4 Å². The van der Waals surface area contributed by atoms with Crippen LogP contribution in [0.25, 0.3) is 0 Å². The third-order valence-corrected chi connectivity index (χ3v) is 6.48. The summed E-state index contributed by atoms with van der Waals surface area (Å²) in [5.74, 6) is -5.45. The fraction of sp³-hybridized carbons (Fsp3) is 0.381. The van der Waals surface area contributed by atoms with Crippen LogP contribution >= 0.6 is 15.9 Å². The van der Waals surface area contributed by atoms with E-state index in [9.17, 15) is 17.8 Å². The van der Waals surface area contributed by atoms with Gasteiger partial charge < -0.3 is 10.1 Å². The minimum atomic E-state index is -1.84. The number of carbonyl (C=O) groups excluding carboxylic acids is 1. The Morgan fingerprint density at radius 2 is 2.06 bits per heavy atom. The normalized spacial score (nSPS) is 16.8. The van der Waals surface area contributed by atoms with E-state index in [1.165, 1.54) is 12.3 Å². The number of benzene rings is 1. The summed E-state index contributed by atoms with van der Waals surface area (Å²) in [6.45, 7) is 2.27. The first-order valence-corrected chi connectivity index (χ1v) is 12.3. The van der Waals surface area contributed by atoms with E-state index >= 15 is 4.39 Å². The fourth-order valence-electron chi connectivity index (χ4n) is 3.24. The maximum Gasteiger partial charge on any atom is 0.217 e. The summed E-state index contributed by atoms with van der Waals surface area (Å²) >= 11 is 3.22. The molecule has 3 N–H and O–H groups in total. The van der Waals surface area contributed by atoms with Crippen molar-refractivity contribution in [2.24, 2.45) is 0 Å². The molecule has 0 radical (unpaired) electrons. The van der Waals surface area contributed by atoms with E-state index in [-0.39, 0.29) is 17.1 Å². The van der Waals surface area contributed by atoms with Gasteiger partial charge >= 0.3 is 0 Å². The molecule has 0 amide bonds. The smallest absolute Gasteiger partial charge is 0.217 e. The van der Waals surface area contributed by atoms with Gasteiger partial charge in [-0.3, -0.25) is 14.9 Å². The number of carbonyl (C=O) groups is 1. The zero-order chi connectivity index (χ0) is 24.1. The predicted octanol–water partition coefficient (Wildman–Crippen LogP) is 4.94. The van der Waals surface area contributed by atoms with Gasteiger partial charge in [0.25, 0.3) is 0 Å². The zero-order valence-electron chi connectivity index (χ0n) is 17.6. The summed E-state index contributed by atoms with van der Waals surface area (Å²) < 4.78 is 63.8. The zero-order valence-corrected chi connectivity index (χ0v) is 20.0. The number of nitrogens with zero attached hydrogens (tertiary/aromatic N) is 1. The molecular weight excluding hydrogens is 525 g/mol. The lowest BCUT2D eigenvalue weighted by atomic mass is 9.99. The van der Waals surface area contributed by atoms with Gasteiger partial charge in [-0.1, -0.05) is 6.92 Å². The number of pyridine rings is 1. The molecule has 1 fully saturated rings. The molecular formula is C21H22BrF3N4O3S. The number of ketones is 1. The largest absolute Gasteiger partial charge is 0.359 e. The second-order valence-electron chi connectivity index (χ2n) is 7.31. The number of ether oxygens (including phenoxy) is 1. The van der Waals surface area contributed by atoms with Crippen molar-refractivity contribution < 1.29 is 26.9 Å². The number of hydrogen-bond donors (Lipinski definition) is 3. The van der Waals surface area contributed by atoms with Crippen LogP contribution in [0.2, 0.25) is 0 Å². The van der Waals surface area contributed by atoms with Crippen LogP contribution in [0.4, 0.5) is 24.7 Å². The summed E-state index contributed by atoms with van der Waals surface area (Å²) in [6, 6.07) is 1.73. The van der Waals surface area contributed by atoms with Gasteiger partial charge in [-0.2, -0.15) is 0 Å². The summed E-state index contributed by atoms with van der Waals surface area (Å²) in [6.07, 6.45) is 4.03. The van der Waals surface area contributed by atoms with Crippen LogP contribution in [0.5, 0.6) is 0 Å². The Labute approximate surface area is 199 Å². The average molecular weight is 547 g/mol. The topological polar surface area (TPSA) is 104 Å². The second kappa shape index (κ2) is 11.2. The number of anilines is 2. The van der Waals surface area contributed by atoms with Crippen molar-refractivity contribution in [3.8, 4) is 0 Å². The van der Waals surface area contributed by atoms with Gasteiger partial charge in [0.15, 0.2) is 11.6 Å². The third-order valence-electron chi connectivity index (χ3n) is 4.83. The Balaban J connectivity index is 1.96. The lowest BCUT2D eigenvalue weighted by Gasteiger charge is -2.25. The molecule has 1 aliphatic heterocycles. The van der Waals surface area contributed by atoms with Crippen LogP contribution in [0, 0.1) is 22.9 Å². The first kappa shape index (κ1) is 25.3. The van der Waals surface area contributed by atoms with E-state index in [0.717, 1.165) is 12.8 Å². The summed E-state index contributed by atoms with van der Waals surface area (Å²) in [5.41, 5.74) is -2.79. The van der Waals surface area contributed by atoms with Crippen molar-refractivity contribution in [2.45, 2.75) is 38.8 Å². The Morgan fingerprint density at radius 3 is 2.73 bits per heavy atom. The molecule has 12 heteroatoms. The Kier molecular flexibility index (Phi) is 8.60. The number of halogens is 4. The molecule has 1 saturated heterocycles. The Bertz CT molecular complexity index is 1100. The minimum Gasteiger partial charge on any atom is -0.359 e. The highest BCUT2D eigenvalue weighted by Gasteiger charge is 2.29. The summed E-state index contributed by atoms with van der Waals surface area (Å²) in [4.78, 5) is 17.2.